The average molecular weight is 191 g/mol. The highest BCUT2D eigenvalue weighted by atomic mass is 32.1. The van der Waals surface area contributed by atoms with Gasteiger partial charge < -0.3 is 10.8 Å². The number of thiophene rings is 1. The molecule has 1 heterocycles. The number of nitrogens with two attached hydrogens (primary N) is 1. The van der Waals surface area contributed by atoms with Crippen LogP contribution in [0.4, 0.5) is 5.69 Å². The molecule has 3 heteroatoms. The van der Waals surface area contributed by atoms with E-state index in [9.17, 15) is 5.11 Å². The molecule has 0 aliphatic heterocycles. The van der Waals surface area contributed by atoms with E-state index in [0.717, 1.165) is 10.4 Å². The first-order chi connectivity index (χ1) is 6.29. The predicted molar refractivity (Wildman–Crippen MR) is 55.8 cm³/mol. The van der Waals surface area contributed by atoms with Crippen LogP contribution >= 0.6 is 11.3 Å². The van der Waals surface area contributed by atoms with Gasteiger partial charge in [0.2, 0.25) is 0 Å². The summed E-state index contributed by atoms with van der Waals surface area (Å²) in [6.45, 7) is 0. The van der Waals surface area contributed by atoms with Crippen molar-refractivity contribution in [3.05, 3.63) is 35.7 Å². The molecule has 2 rings (SSSR count). The molecule has 0 atom stereocenters. The second kappa shape index (κ2) is 3.11. The van der Waals surface area contributed by atoms with Gasteiger partial charge in [0, 0.05) is 10.6 Å². The summed E-state index contributed by atoms with van der Waals surface area (Å²) in [7, 11) is 0. The summed E-state index contributed by atoms with van der Waals surface area (Å²) in [5, 5.41) is 11.5. The maximum absolute atomic E-state index is 9.59. The highest BCUT2D eigenvalue weighted by molar-refractivity contribution is 7.13. The lowest BCUT2D eigenvalue weighted by Gasteiger charge is -2.04. The number of anilines is 1. The number of phenolic OH excluding ortho intramolecular Hbond substituents is 1. The lowest BCUT2D eigenvalue weighted by Crippen LogP contribution is -1.87. The van der Waals surface area contributed by atoms with Crippen LogP contribution in [-0.4, -0.2) is 5.11 Å². The summed E-state index contributed by atoms with van der Waals surface area (Å²) in [6, 6.07) is 9.05. The van der Waals surface area contributed by atoms with Gasteiger partial charge >= 0.3 is 0 Å². The van der Waals surface area contributed by atoms with Gasteiger partial charge in [-0.1, -0.05) is 12.1 Å². The van der Waals surface area contributed by atoms with Crippen LogP contribution in [0.25, 0.3) is 10.4 Å². The van der Waals surface area contributed by atoms with Crippen LogP contribution < -0.4 is 5.73 Å². The molecule has 0 aliphatic carbocycles. The lowest BCUT2D eigenvalue weighted by atomic mass is 10.1. The third-order valence-corrected chi connectivity index (χ3v) is 2.73. The molecule has 0 saturated carbocycles. The Labute approximate surface area is 80.3 Å². The zero-order valence-electron chi connectivity index (χ0n) is 6.90. The molecule has 0 radical (unpaired) electrons. The molecule has 2 nitrogen and oxygen atoms in total. The maximum atomic E-state index is 9.59. The molecule has 0 saturated heterocycles. The summed E-state index contributed by atoms with van der Waals surface area (Å²) in [4.78, 5) is 0.996. The van der Waals surface area contributed by atoms with Crippen molar-refractivity contribution in [2.24, 2.45) is 0 Å². The summed E-state index contributed by atoms with van der Waals surface area (Å²) >= 11 is 1.56. The van der Waals surface area contributed by atoms with Gasteiger partial charge in [0.05, 0.1) is 5.56 Å². The first-order valence-corrected chi connectivity index (χ1v) is 4.78. The fourth-order valence-electron chi connectivity index (χ4n) is 1.25. The zero-order chi connectivity index (χ0) is 9.26. The molecule has 1 aromatic heterocycles. The molecule has 2 aromatic rings. The molecule has 3 N–H and O–H groups in total. The quantitative estimate of drug-likeness (QED) is 0.681. The molecule has 0 spiro atoms. The van der Waals surface area contributed by atoms with Gasteiger partial charge in [0.25, 0.3) is 0 Å². The fraction of sp³-hybridized carbons (Fsp3) is 0. The van der Waals surface area contributed by atoms with E-state index < -0.39 is 0 Å². The van der Waals surface area contributed by atoms with Crippen molar-refractivity contribution in [3.8, 4) is 16.2 Å². The highest BCUT2D eigenvalue weighted by Crippen LogP contribution is 2.36. The van der Waals surface area contributed by atoms with Crippen molar-refractivity contribution in [1.82, 2.24) is 0 Å². The summed E-state index contributed by atoms with van der Waals surface area (Å²) < 4.78 is 0. The summed E-state index contributed by atoms with van der Waals surface area (Å²) in [5.74, 6) is 0.238. The highest BCUT2D eigenvalue weighted by Gasteiger charge is 2.07. The van der Waals surface area contributed by atoms with Crippen molar-refractivity contribution in [1.29, 1.82) is 0 Å². The Balaban J connectivity index is 2.64. The first-order valence-electron chi connectivity index (χ1n) is 3.90. The molecule has 0 aliphatic rings. The predicted octanol–water partition coefficient (Wildman–Crippen LogP) is 2.70. The van der Waals surface area contributed by atoms with Crippen LogP contribution in [0.5, 0.6) is 5.75 Å². The van der Waals surface area contributed by atoms with Crippen LogP contribution in [0, 0.1) is 0 Å². The molecule has 13 heavy (non-hydrogen) atoms. The molecule has 0 fully saturated rings. The second-order valence-corrected chi connectivity index (χ2v) is 3.67. The smallest absolute Gasteiger partial charge is 0.126 e. The molecule has 0 amide bonds. The zero-order valence-corrected chi connectivity index (χ0v) is 7.71. The normalized spacial score (nSPS) is 10.2. The second-order valence-electron chi connectivity index (χ2n) is 2.72. The lowest BCUT2D eigenvalue weighted by molar-refractivity contribution is 0.478. The van der Waals surface area contributed by atoms with Crippen molar-refractivity contribution in [3.63, 3.8) is 0 Å². The van der Waals surface area contributed by atoms with E-state index in [0.29, 0.717) is 5.69 Å². The van der Waals surface area contributed by atoms with E-state index in [1.165, 1.54) is 0 Å². The Bertz CT molecular complexity index is 389. The Hall–Kier alpha value is -1.48. The number of aromatic hydroxyl groups is 1. The summed E-state index contributed by atoms with van der Waals surface area (Å²) in [5.41, 5.74) is 7.11. The number of rotatable bonds is 1. The van der Waals surface area contributed by atoms with Crippen LogP contribution in [0.15, 0.2) is 35.7 Å². The number of hydrogen-bond acceptors (Lipinski definition) is 3. The van der Waals surface area contributed by atoms with E-state index in [-0.39, 0.29) is 5.75 Å². The van der Waals surface area contributed by atoms with Gasteiger partial charge in [-0.05, 0) is 23.6 Å². The third-order valence-electron chi connectivity index (χ3n) is 1.84. The van der Waals surface area contributed by atoms with E-state index in [1.807, 2.05) is 17.5 Å². The third kappa shape index (κ3) is 1.38. The maximum Gasteiger partial charge on any atom is 0.126 e. The molecular formula is C10H9NOS. The van der Waals surface area contributed by atoms with Crippen molar-refractivity contribution < 1.29 is 5.11 Å². The summed E-state index contributed by atoms with van der Waals surface area (Å²) in [6.07, 6.45) is 0. The molecule has 0 bridgehead atoms. The van der Waals surface area contributed by atoms with Crippen LogP contribution in [0.2, 0.25) is 0 Å². The van der Waals surface area contributed by atoms with E-state index >= 15 is 0 Å². The van der Waals surface area contributed by atoms with E-state index in [4.69, 9.17) is 5.73 Å². The van der Waals surface area contributed by atoms with Crippen LogP contribution in [0.3, 0.4) is 0 Å². The van der Waals surface area contributed by atoms with E-state index in [2.05, 4.69) is 0 Å². The van der Waals surface area contributed by atoms with Crippen molar-refractivity contribution in [2.45, 2.75) is 0 Å². The number of benzene rings is 1. The van der Waals surface area contributed by atoms with E-state index in [1.54, 1.807) is 29.5 Å². The molecule has 0 unspecified atom stereocenters. The minimum absolute atomic E-state index is 0.238. The van der Waals surface area contributed by atoms with Crippen LogP contribution in [-0.2, 0) is 0 Å². The molecular weight excluding hydrogens is 182 g/mol. The van der Waals surface area contributed by atoms with Gasteiger partial charge in [-0.15, -0.1) is 11.3 Å². The Morgan fingerprint density at radius 1 is 1.15 bits per heavy atom. The fourth-order valence-corrected chi connectivity index (χ4v) is 2.05. The Morgan fingerprint density at radius 3 is 2.62 bits per heavy atom. The van der Waals surface area contributed by atoms with Gasteiger partial charge in [-0.2, -0.15) is 0 Å². The van der Waals surface area contributed by atoms with Gasteiger partial charge in [-0.25, -0.2) is 0 Å². The first kappa shape index (κ1) is 8.13. The molecule has 66 valence electrons. The largest absolute Gasteiger partial charge is 0.507 e. The van der Waals surface area contributed by atoms with Crippen molar-refractivity contribution >= 4 is 17.0 Å². The monoisotopic (exact) mass is 191 g/mol. The molecule has 1 aromatic carbocycles. The Morgan fingerprint density at radius 2 is 2.00 bits per heavy atom. The van der Waals surface area contributed by atoms with Crippen molar-refractivity contribution in [2.75, 3.05) is 5.73 Å². The SMILES string of the molecule is Nc1cccc(O)c1-c1cccs1. The van der Waals surface area contributed by atoms with Crippen LogP contribution in [0.1, 0.15) is 0 Å². The minimum Gasteiger partial charge on any atom is -0.507 e. The number of hydrogen-bond donors (Lipinski definition) is 2. The topological polar surface area (TPSA) is 46.2 Å². The minimum atomic E-state index is 0.238. The number of phenols is 1. The average Bonchev–Trinajstić information content (AvgIpc) is 2.57. The van der Waals surface area contributed by atoms with Gasteiger partial charge in [0.15, 0.2) is 0 Å². The van der Waals surface area contributed by atoms with Gasteiger partial charge in [-0.3, -0.25) is 0 Å². The standard InChI is InChI=1S/C10H9NOS/c11-7-3-1-4-8(12)10(7)9-5-2-6-13-9/h1-6,12H,11H2. The van der Waals surface area contributed by atoms with Gasteiger partial charge in [0.1, 0.15) is 5.75 Å². The Kier molecular flexibility index (Phi) is 1.94. The number of nitrogen functional groups attached to an aromatic ring is 1.